The fourth-order valence-corrected chi connectivity index (χ4v) is 2.78. The SMILES string of the molecule is COC(=O)Cc1ccccc1CNC(C)C1CCOCC1. The van der Waals surface area contributed by atoms with Crippen molar-refractivity contribution in [2.24, 2.45) is 5.92 Å². The van der Waals surface area contributed by atoms with E-state index in [2.05, 4.69) is 18.3 Å². The molecule has 21 heavy (non-hydrogen) atoms. The molecule has 1 atom stereocenters. The van der Waals surface area contributed by atoms with Crippen molar-refractivity contribution in [1.29, 1.82) is 0 Å². The van der Waals surface area contributed by atoms with Crippen LogP contribution in [0.25, 0.3) is 0 Å². The number of ether oxygens (including phenoxy) is 2. The van der Waals surface area contributed by atoms with Crippen molar-refractivity contribution in [3.8, 4) is 0 Å². The predicted molar refractivity (Wildman–Crippen MR) is 82.0 cm³/mol. The van der Waals surface area contributed by atoms with Crippen LogP contribution in [0.5, 0.6) is 0 Å². The first-order valence-electron chi connectivity index (χ1n) is 7.65. The van der Waals surface area contributed by atoms with E-state index in [0.717, 1.165) is 38.2 Å². The molecule has 116 valence electrons. The van der Waals surface area contributed by atoms with Crippen LogP contribution in [0.2, 0.25) is 0 Å². The van der Waals surface area contributed by atoms with Crippen LogP contribution in [0, 0.1) is 5.92 Å². The molecular weight excluding hydrogens is 266 g/mol. The summed E-state index contributed by atoms with van der Waals surface area (Å²) in [7, 11) is 1.43. The lowest BCUT2D eigenvalue weighted by atomic mass is 9.92. The average molecular weight is 291 g/mol. The number of carbonyl (C=O) groups excluding carboxylic acids is 1. The number of nitrogens with one attached hydrogen (secondary N) is 1. The molecule has 0 aromatic heterocycles. The zero-order valence-corrected chi connectivity index (χ0v) is 12.9. The highest BCUT2D eigenvalue weighted by Crippen LogP contribution is 2.19. The summed E-state index contributed by atoms with van der Waals surface area (Å²) < 4.78 is 10.2. The molecule has 1 unspecified atom stereocenters. The van der Waals surface area contributed by atoms with Crippen LogP contribution in [0.15, 0.2) is 24.3 Å². The maximum atomic E-state index is 11.5. The first-order valence-corrected chi connectivity index (χ1v) is 7.65. The Hall–Kier alpha value is -1.39. The summed E-state index contributed by atoms with van der Waals surface area (Å²) in [6, 6.07) is 8.50. The number of carbonyl (C=O) groups is 1. The van der Waals surface area contributed by atoms with E-state index in [1.165, 1.54) is 12.7 Å². The Morgan fingerprint density at radius 3 is 2.67 bits per heavy atom. The molecule has 1 aromatic rings. The molecule has 0 spiro atoms. The molecule has 4 heteroatoms. The van der Waals surface area contributed by atoms with E-state index in [1.807, 2.05) is 18.2 Å². The highest BCUT2D eigenvalue weighted by atomic mass is 16.5. The van der Waals surface area contributed by atoms with Gasteiger partial charge in [0.1, 0.15) is 0 Å². The summed E-state index contributed by atoms with van der Waals surface area (Å²) in [6.07, 6.45) is 2.58. The first kappa shape index (κ1) is 16.0. The molecule has 1 aromatic carbocycles. The molecular formula is C17H25NO3. The van der Waals surface area contributed by atoms with Crippen molar-refractivity contribution in [2.45, 2.75) is 38.8 Å². The van der Waals surface area contributed by atoms with E-state index >= 15 is 0 Å². The van der Waals surface area contributed by atoms with Gasteiger partial charge in [0.25, 0.3) is 0 Å². The van der Waals surface area contributed by atoms with Gasteiger partial charge in [-0.25, -0.2) is 0 Å². The lowest BCUT2D eigenvalue weighted by Crippen LogP contribution is -2.36. The molecule has 4 nitrogen and oxygen atoms in total. The molecule has 1 aliphatic rings. The number of hydrogen-bond acceptors (Lipinski definition) is 4. The van der Waals surface area contributed by atoms with E-state index in [4.69, 9.17) is 9.47 Å². The van der Waals surface area contributed by atoms with Gasteiger partial charge in [-0.1, -0.05) is 24.3 Å². The summed E-state index contributed by atoms with van der Waals surface area (Å²) in [4.78, 5) is 11.5. The summed E-state index contributed by atoms with van der Waals surface area (Å²) in [6.45, 7) is 4.76. The van der Waals surface area contributed by atoms with Gasteiger partial charge in [0.05, 0.1) is 13.5 Å². The topological polar surface area (TPSA) is 47.6 Å². The van der Waals surface area contributed by atoms with Gasteiger partial charge >= 0.3 is 5.97 Å². The second-order valence-corrected chi connectivity index (χ2v) is 5.64. The molecule has 0 saturated carbocycles. The predicted octanol–water partition coefficient (Wildman–Crippen LogP) is 2.31. The number of methoxy groups -OCH3 is 1. The van der Waals surface area contributed by atoms with Gasteiger partial charge in [0.15, 0.2) is 0 Å². The lowest BCUT2D eigenvalue weighted by molar-refractivity contribution is -0.139. The minimum absolute atomic E-state index is 0.195. The molecule has 1 heterocycles. The van der Waals surface area contributed by atoms with Crippen molar-refractivity contribution in [2.75, 3.05) is 20.3 Å². The number of esters is 1. The van der Waals surface area contributed by atoms with Crippen molar-refractivity contribution in [1.82, 2.24) is 5.32 Å². The molecule has 1 saturated heterocycles. The zero-order chi connectivity index (χ0) is 15.1. The van der Waals surface area contributed by atoms with Crippen LogP contribution < -0.4 is 5.32 Å². The minimum Gasteiger partial charge on any atom is -0.469 e. The summed E-state index contributed by atoms with van der Waals surface area (Å²) >= 11 is 0. The standard InChI is InChI=1S/C17H25NO3/c1-13(14-7-9-21-10-8-14)18-12-16-6-4-3-5-15(16)11-17(19)20-2/h3-6,13-14,18H,7-12H2,1-2H3. The Labute approximate surface area is 126 Å². The first-order chi connectivity index (χ1) is 10.2. The quantitative estimate of drug-likeness (QED) is 0.817. The molecule has 1 aliphatic heterocycles. The van der Waals surface area contributed by atoms with Gasteiger partial charge in [0.2, 0.25) is 0 Å². The molecule has 2 rings (SSSR count). The second-order valence-electron chi connectivity index (χ2n) is 5.64. The third kappa shape index (κ3) is 4.83. The molecule has 0 aliphatic carbocycles. The normalized spacial score (nSPS) is 17.4. The Kier molecular flexibility index (Phi) is 6.21. The molecule has 1 fully saturated rings. The molecule has 0 radical (unpaired) electrons. The van der Waals surface area contributed by atoms with Crippen molar-refractivity contribution >= 4 is 5.97 Å². The summed E-state index contributed by atoms with van der Waals surface area (Å²) in [5, 5.41) is 3.59. The van der Waals surface area contributed by atoms with Gasteiger partial charge < -0.3 is 14.8 Å². The van der Waals surface area contributed by atoms with E-state index in [0.29, 0.717) is 18.4 Å². The highest BCUT2D eigenvalue weighted by molar-refractivity contribution is 5.72. The van der Waals surface area contributed by atoms with Gasteiger partial charge in [0, 0.05) is 25.8 Å². The fraction of sp³-hybridized carbons (Fsp3) is 0.588. The monoisotopic (exact) mass is 291 g/mol. The number of rotatable bonds is 6. The molecule has 0 bridgehead atoms. The maximum absolute atomic E-state index is 11.5. The smallest absolute Gasteiger partial charge is 0.309 e. The summed E-state index contributed by atoms with van der Waals surface area (Å²) in [5.41, 5.74) is 2.21. The van der Waals surface area contributed by atoms with Crippen LogP contribution in [-0.4, -0.2) is 32.3 Å². The fourth-order valence-electron chi connectivity index (χ4n) is 2.78. The van der Waals surface area contributed by atoms with E-state index in [-0.39, 0.29) is 5.97 Å². The van der Waals surface area contributed by atoms with E-state index in [9.17, 15) is 4.79 Å². The Bertz CT molecular complexity index is 455. The van der Waals surface area contributed by atoms with Crippen molar-refractivity contribution in [3.05, 3.63) is 35.4 Å². The zero-order valence-electron chi connectivity index (χ0n) is 12.9. The minimum atomic E-state index is -0.195. The number of hydrogen-bond donors (Lipinski definition) is 1. The maximum Gasteiger partial charge on any atom is 0.309 e. The van der Waals surface area contributed by atoms with Crippen LogP contribution in [-0.2, 0) is 27.2 Å². The molecule has 0 amide bonds. The Balaban J connectivity index is 1.91. The third-order valence-electron chi connectivity index (χ3n) is 4.27. The number of benzene rings is 1. The van der Waals surface area contributed by atoms with Gasteiger partial charge in [-0.2, -0.15) is 0 Å². The van der Waals surface area contributed by atoms with E-state index < -0.39 is 0 Å². The van der Waals surface area contributed by atoms with Crippen molar-refractivity contribution in [3.63, 3.8) is 0 Å². The molecule has 1 N–H and O–H groups in total. The van der Waals surface area contributed by atoms with Crippen LogP contribution in [0.1, 0.15) is 30.9 Å². The largest absolute Gasteiger partial charge is 0.469 e. The highest BCUT2D eigenvalue weighted by Gasteiger charge is 2.20. The van der Waals surface area contributed by atoms with Gasteiger partial charge in [-0.05, 0) is 36.8 Å². The van der Waals surface area contributed by atoms with Crippen molar-refractivity contribution < 1.29 is 14.3 Å². The summed E-state index contributed by atoms with van der Waals surface area (Å²) in [5.74, 6) is 0.478. The lowest BCUT2D eigenvalue weighted by Gasteiger charge is -2.28. The van der Waals surface area contributed by atoms with Gasteiger partial charge in [-0.3, -0.25) is 4.79 Å². The van der Waals surface area contributed by atoms with E-state index in [1.54, 1.807) is 0 Å². The third-order valence-corrected chi connectivity index (χ3v) is 4.27. The Morgan fingerprint density at radius 2 is 2.00 bits per heavy atom. The van der Waals surface area contributed by atoms with Crippen LogP contribution in [0.4, 0.5) is 0 Å². The Morgan fingerprint density at radius 1 is 1.33 bits per heavy atom. The van der Waals surface area contributed by atoms with Gasteiger partial charge in [-0.15, -0.1) is 0 Å². The average Bonchev–Trinajstić information content (AvgIpc) is 2.54. The van der Waals surface area contributed by atoms with Crippen LogP contribution >= 0.6 is 0 Å². The van der Waals surface area contributed by atoms with Crippen LogP contribution in [0.3, 0.4) is 0 Å². The second kappa shape index (κ2) is 8.15.